The molecular weight excluding hydrogens is 512 g/mol. The summed E-state index contributed by atoms with van der Waals surface area (Å²) in [6.45, 7) is 0.892. The van der Waals surface area contributed by atoms with Gasteiger partial charge in [0.25, 0.3) is 15.7 Å². The van der Waals surface area contributed by atoms with Crippen LogP contribution in [0.1, 0.15) is 12.5 Å². The Kier molecular flexibility index (Phi) is 9.02. The van der Waals surface area contributed by atoms with Crippen LogP contribution in [0.15, 0.2) is 83.8 Å². The van der Waals surface area contributed by atoms with E-state index >= 15 is 0 Å². The lowest BCUT2D eigenvalue weighted by atomic mass is 10.1. The van der Waals surface area contributed by atoms with Gasteiger partial charge in [-0.25, -0.2) is 8.42 Å². The molecule has 200 valence electrons. The molecule has 11 nitrogen and oxygen atoms in total. The highest BCUT2D eigenvalue weighted by Gasteiger charge is 2.32. The first-order valence-electron chi connectivity index (χ1n) is 11.5. The van der Waals surface area contributed by atoms with Crippen molar-refractivity contribution < 1.29 is 27.7 Å². The third-order valence-corrected chi connectivity index (χ3v) is 7.65. The van der Waals surface area contributed by atoms with Gasteiger partial charge in [-0.05, 0) is 48.9 Å². The molecule has 0 spiro atoms. The zero-order valence-corrected chi connectivity index (χ0v) is 21.9. The number of carbonyl (C=O) groups excluding carboxylic acids is 2. The van der Waals surface area contributed by atoms with Crippen molar-refractivity contribution in [1.82, 2.24) is 10.2 Å². The van der Waals surface area contributed by atoms with Crippen molar-refractivity contribution in [3.63, 3.8) is 0 Å². The average Bonchev–Trinajstić information content (AvgIpc) is 2.94. The third kappa shape index (κ3) is 6.45. The van der Waals surface area contributed by atoms with E-state index in [4.69, 9.17) is 4.74 Å². The molecule has 0 aliphatic heterocycles. The van der Waals surface area contributed by atoms with E-state index in [1.807, 2.05) is 0 Å². The molecule has 0 aliphatic carbocycles. The van der Waals surface area contributed by atoms with E-state index < -0.39 is 39.3 Å². The molecule has 0 bridgehead atoms. The Bertz CT molecular complexity index is 1400. The number of amides is 2. The van der Waals surface area contributed by atoms with Gasteiger partial charge < -0.3 is 15.0 Å². The number of ether oxygens (including phenoxy) is 1. The predicted molar refractivity (Wildman–Crippen MR) is 141 cm³/mol. The van der Waals surface area contributed by atoms with Gasteiger partial charge in [0, 0.05) is 25.7 Å². The molecule has 3 aromatic carbocycles. The molecule has 0 fully saturated rings. The summed E-state index contributed by atoms with van der Waals surface area (Å²) in [5, 5.41) is 13.6. The fourth-order valence-electron chi connectivity index (χ4n) is 3.75. The maximum atomic E-state index is 13.7. The molecule has 38 heavy (non-hydrogen) atoms. The highest BCUT2D eigenvalue weighted by atomic mass is 32.2. The van der Waals surface area contributed by atoms with E-state index in [0.29, 0.717) is 11.3 Å². The number of nitro benzene ring substituents is 1. The second-order valence-electron chi connectivity index (χ2n) is 8.26. The molecule has 2 amide bonds. The highest BCUT2D eigenvalue weighted by Crippen LogP contribution is 2.26. The molecule has 12 heteroatoms. The summed E-state index contributed by atoms with van der Waals surface area (Å²) < 4.78 is 33.4. The van der Waals surface area contributed by atoms with E-state index in [9.17, 15) is 28.1 Å². The lowest BCUT2D eigenvalue weighted by Crippen LogP contribution is -2.50. The smallest absolute Gasteiger partial charge is 0.269 e. The first kappa shape index (κ1) is 28.1. The standard InChI is InChI=1S/C26H28N4O7S/c1-19(26(32)27-2)28(17-20-8-7-9-23(16-20)37-3)25(31)18-29(21-12-14-22(15-13-21)30(33)34)38(35,36)24-10-5-4-6-11-24/h4-16,19H,17-18H2,1-3H3,(H,27,32)/t19-/m0/s1. The summed E-state index contributed by atoms with van der Waals surface area (Å²) in [7, 11) is -1.31. The predicted octanol–water partition coefficient (Wildman–Crippen LogP) is 2.96. The van der Waals surface area contributed by atoms with E-state index in [1.165, 1.54) is 43.3 Å². The van der Waals surface area contributed by atoms with Crippen LogP contribution in [0.4, 0.5) is 11.4 Å². The van der Waals surface area contributed by atoms with Crippen molar-refractivity contribution in [2.45, 2.75) is 24.4 Å². The molecule has 3 aromatic rings. The number of nitro groups is 1. The number of likely N-dealkylation sites (N-methyl/N-ethyl adjacent to an activating group) is 1. The largest absolute Gasteiger partial charge is 0.497 e. The van der Waals surface area contributed by atoms with Crippen LogP contribution in [0.2, 0.25) is 0 Å². The fraction of sp³-hybridized carbons (Fsp3) is 0.231. The van der Waals surface area contributed by atoms with E-state index in [-0.39, 0.29) is 22.8 Å². The van der Waals surface area contributed by atoms with Gasteiger partial charge in [0.05, 0.1) is 22.6 Å². The molecule has 0 aromatic heterocycles. The van der Waals surface area contributed by atoms with Gasteiger partial charge in [-0.2, -0.15) is 0 Å². The van der Waals surface area contributed by atoms with Gasteiger partial charge in [0.1, 0.15) is 18.3 Å². The third-order valence-electron chi connectivity index (χ3n) is 5.86. The van der Waals surface area contributed by atoms with E-state index in [0.717, 1.165) is 16.4 Å². The maximum Gasteiger partial charge on any atom is 0.269 e. The molecule has 0 radical (unpaired) electrons. The minimum Gasteiger partial charge on any atom is -0.497 e. The van der Waals surface area contributed by atoms with Gasteiger partial charge in [-0.15, -0.1) is 0 Å². The van der Waals surface area contributed by atoms with Crippen LogP contribution in [0.5, 0.6) is 5.75 Å². The maximum absolute atomic E-state index is 13.7. The number of hydrogen-bond donors (Lipinski definition) is 1. The van der Waals surface area contributed by atoms with Crippen molar-refractivity contribution in [1.29, 1.82) is 0 Å². The van der Waals surface area contributed by atoms with Crippen LogP contribution in [0.3, 0.4) is 0 Å². The number of nitrogens with one attached hydrogen (secondary N) is 1. The number of nitrogens with zero attached hydrogens (tertiary/aromatic N) is 3. The summed E-state index contributed by atoms with van der Waals surface area (Å²) >= 11 is 0. The summed E-state index contributed by atoms with van der Waals surface area (Å²) in [6.07, 6.45) is 0. The topological polar surface area (TPSA) is 139 Å². The van der Waals surface area contributed by atoms with Crippen LogP contribution < -0.4 is 14.4 Å². The Morgan fingerprint density at radius 3 is 2.26 bits per heavy atom. The molecule has 0 saturated carbocycles. The van der Waals surface area contributed by atoms with E-state index in [2.05, 4.69) is 5.32 Å². The number of hydrogen-bond acceptors (Lipinski definition) is 7. The molecular formula is C26H28N4O7S. The fourth-order valence-corrected chi connectivity index (χ4v) is 5.18. The second kappa shape index (κ2) is 12.2. The van der Waals surface area contributed by atoms with Gasteiger partial charge in [-0.3, -0.25) is 24.0 Å². The van der Waals surface area contributed by atoms with Gasteiger partial charge >= 0.3 is 0 Å². The number of non-ortho nitro benzene ring substituents is 1. The first-order valence-corrected chi connectivity index (χ1v) is 13.0. The second-order valence-corrected chi connectivity index (χ2v) is 10.1. The molecule has 0 unspecified atom stereocenters. The zero-order chi connectivity index (χ0) is 27.9. The normalized spacial score (nSPS) is 11.8. The van der Waals surface area contributed by atoms with Crippen molar-refractivity contribution in [2.24, 2.45) is 0 Å². The summed E-state index contributed by atoms with van der Waals surface area (Å²) in [4.78, 5) is 37.9. The number of sulfonamides is 1. The first-order chi connectivity index (χ1) is 18.1. The minimum absolute atomic E-state index is 0.00407. The number of benzene rings is 3. The van der Waals surface area contributed by atoms with E-state index in [1.54, 1.807) is 49.4 Å². The van der Waals surface area contributed by atoms with Crippen LogP contribution >= 0.6 is 0 Å². The van der Waals surface area contributed by atoms with Crippen molar-refractivity contribution in [2.75, 3.05) is 25.0 Å². The number of rotatable bonds is 11. The summed E-state index contributed by atoms with van der Waals surface area (Å²) in [5.74, 6) is -0.530. The molecule has 1 atom stereocenters. The molecule has 1 N–H and O–H groups in total. The van der Waals surface area contributed by atoms with Crippen LogP contribution in [-0.2, 0) is 26.2 Å². The van der Waals surface area contributed by atoms with Gasteiger partial charge in [0.15, 0.2) is 0 Å². The zero-order valence-electron chi connectivity index (χ0n) is 21.1. The van der Waals surface area contributed by atoms with Crippen molar-refractivity contribution >= 4 is 33.2 Å². The number of anilines is 1. The minimum atomic E-state index is -4.26. The lowest BCUT2D eigenvalue weighted by Gasteiger charge is -2.31. The number of methoxy groups -OCH3 is 1. The monoisotopic (exact) mass is 540 g/mol. The van der Waals surface area contributed by atoms with Crippen LogP contribution in [-0.4, -0.2) is 56.8 Å². The Balaban J connectivity index is 2.04. The lowest BCUT2D eigenvalue weighted by molar-refractivity contribution is -0.384. The van der Waals surface area contributed by atoms with Crippen LogP contribution in [0.25, 0.3) is 0 Å². The van der Waals surface area contributed by atoms with Crippen LogP contribution in [0, 0.1) is 10.1 Å². The number of carbonyl (C=O) groups is 2. The SMILES string of the molecule is CNC(=O)[C@H](C)N(Cc1cccc(OC)c1)C(=O)CN(c1ccc([N+](=O)[O-])cc1)S(=O)(=O)c1ccccc1. The Hall–Kier alpha value is -4.45. The van der Waals surface area contributed by atoms with Gasteiger partial charge in [-0.1, -0.05) is 30.3 Å². The van der Waals surface area contributed by atoms with Crippen molar-refractivity contribution in [3.05, 3.63) is 94.5 Å². The summed E-state index contributed by atoms with van der Waals surface area (Å²) in [5.41, 5.74) is 0.494. The Labute approximate surface area is 220 Å². The summed E-state index contributed by atoms with van der Waals surface area (Å²) in [6, 6.07) is 18.4. The average molecular weight is 541 g/mol. The molecule has 3 rings (SSSR count). The molecule has 0 saturated heterocycles. The van der Waals surface area contributed by atoms with Crippen molar-refractivity contribution in [3.8, 4) is 5.75 Å². The Morgan fingerprint density at radius 1 is 1.03 bits per heavy atom. The highest BCUT2D eigenvalue weighted by molar-refractivity contribution is 7.92. The quantitative estimate of drug-likeness (QED) is 0.291. The Morgan fingerprint density at radius 2 is 1.68 bits per heavy atom. The molecule has 0 aliphatic rings. The van der Waals surface area contributed by atoms with Gasteiger partial charge in [0.2, 0.25) is 11.8 Å². The molecule has 0 heterocycles.